The molecule has 1 unspecified atom stereocenters. The summed E-state index contributed by atoms with van der Waals surface area (Å²) in [5.74, 6) is -0.909. The number of anilines is 1. The Kier molecular flexibility index (Phi) is 8.41. The lowest BCUT2D eigenvalue weighted by atomic mass is 9.95. The van der Waals surface area contributed by atoms with E-state index in [1.807, 2.05) is 30.3 Å². The van der Waals surface area contributed by atoms with Crippen LogP contribution in [0.4, 0.5) is 10.5 Å². The van der Waals surface area contributed by atoms with E-state index in [2.05, 4.69) is 29.2 Å². The second-order valence-corrected chi connectivity index (χ2v) is 7.45. The molecule has 0 saturated carbocycles. The number of carboxylic acids is 1. The Hall–Kier alpha value is -3.35. The third-order valence-electron chi connectivity index (χ3n) is 4.61. The van der Waals surface area contributed by atoms with Crippen LogP contribution in [0.2, 0.25) is 0 Å². The summed E-state index contributed by atoms with van der Waals surface area (Å²) in [4.78, 5) is 35.7. The Balaban J connectivity index is 2.33. The Labute approximate surface area is 176 Å². The highest BCUT2D eigenvalue weighted by Crippen LogP contribution is 2.24. The third kappa shape index (κ3) is 6.92. The number of nitrogens with one attached hydrogen (secondary N) is 2. The standard InChI is InChI=1S/C23H28N2O5/c1-15(2)13-20(17-7-5-4-6-8-17)25-22(28)19-14-18(24-23(29)30-3)11-9-16(19)10-12-21(26)27/h4-9,11,14-15,20H,10,12-13H2,1-3H3,(H,24,29)(H,25,28)(H,26,27). The maximum Gasteiger partial charge on any atom is 0.411 e. The van der Waals surface area contributed by atoms with Gasteiger partial charge in [0.2, 0.25) is 0 Å². The fourth-order valence-corrected chi connectivity index (χ4v) is 3.17. The fraction of sp³-hybridized carbons (Fsp3) is 0.348. The summed E-state index contributed by atoms with van der Waals surface area (Å²) in [5, 5.41) is 14.6. The summed E-state index contributed by atoms with van der Waals surface area (Å²) in [6.45, 7) is 4.17. The third-order valence-corrected chi connectivity index (χ3v) is 4.61. The van der Waals surface area contributed by atoms with E-state index in [-0.39, 0.29) is 24.8 Å². The van der Waals surface area contributed by atoms with Gasteiger partial charge >= 0.3 is 12.1 Å². The lowest BCUT2D eigenvalue weighted by Crippen LogP contribution is -2.30. The predicted molar refractivity (Wildman–Crippen MR) is 115 cm³/mol. The quantitative estimate of drug-likeness (QED) is 0.566. The number of amides is 2. The highest BCUT2D eigenvalue weighted by molar-refractivity contribution is 5.98. The molecule has 2 rings (SSSR count). The maximum atomic E-state index is 13.2. The van der Waals surface area contributed by atoms with Crippen LogP contribution in [0.25, 0.3) is 0 Å². The number of methoxy groups -OCH3 is 1. The van der Waals surface area contributed by atoms with Crippen molar-refractivity contribution >= 4 is 23.7 Å². The van der Waals surface area contributed by atoms with Gasteiger partial charge in [0.25, 0.3) is 5.91 Å². The van der Waals surface area contributed by atoms with Crippen LogP contribution in [0, 0.1) is 5.92 Å². The predicted octanol–water partition coefficient (Wildman–Crippen LogP) is 4.40. The molecule has 0 aliphatic rings. The molecule has 0 fully saturated rings. The molecule has 2 aromatic carbocycles. The Morgan fingerprint density at radius 1 is 1.07 bits per heavy atom. The number of aryl methyl sites for hydroxylation is 1. The summed E-state index contributed by atoms with van der Waals surface area (Å²) in [6.07, 6.45) is 0.205. The number of carbonyl (C=O) groups is 3. The van der Waals surface area contributed by atoms with Crippen LogP contribution in [0.15, 0.2) is 48.5 Å². The highest BCUT2D eigenvalue weighted by Gasteiger charge is 2.20. The van der Waals surface area contributed by atoms with Gasteiger partial charge in [0.15, 0.2) is 0 Å². The molecule has 30 heavy (non-hydrogen) atoms. The zero-order valence-electron chi connectivity index (χ0n) is 17.5. The van der Waals surface area contributed by atoms with Crippen molar-refractivity contribution < 1.29 is 24.2 Å². The normalized spacial score (nSPS) is 11.6. The number of ether oxygens (including phenoxy) is 1. The molecule has 0 heterocycles. The number of carboxylic acid groups (broad SMARTS) is 1. The van der Waals surface area contributed by atoms with Gasteiger partial charge in [0, 0.05) is 17.7 Å². The van der Waals surface area contributed by atoms with Gasteiger partial charge in [-0.25, -0.2) is 4.79 Å². The topological polar surface area (TPSA) is 105 Å². The SMILES string of the molecule is COC(=O)Nc1ccc(CCC(=O)O)c(C(=O)NC(CC(C)C)c2ccccc2)c1. The van der Waals surface area contributed by atoms with Gasteiger partial charge in [-0.05, 0) is 42.0 Å². The number of hydrogen-bond acceptors (Lipinski definition) is 4. The van der Waals surface area contributed by atoms with Gasteiger partial charge in [0.05, 0.1) is 13.2 Å². The van der Waals surface area contributed by atoms with Crippen molar-refractivity contribution in [3.63, 3.8) is 0 Å². The zero-order valence-corrected chi connectivity index (χ0v) is 17.5. The van der Waals surface area contributed by atoms with E-state index in [4.69, 9.17) is 5.11 Å². The smallest absolute Gasteiger partial charge is 0.411 e. The molecule has 7 heteroatoms. The van der Waals surface area contributed by atoms with Crippen molar-refractivity contribution in [1.82, 2.24) is 5.32 Å². The second kappa shape index (κ2) is 11.0. The van der Waals surface area contributed by atoms with Crippen molar-refractivity contribution in [2.45, 2.75) is 39.2 Å². The number of aliphatic carboxylic acids is 1. The molecule has 2 aromatic rings. The van der Waals surface area contributed by atoms with Crippen LogP contribution in [0.5, 0.6) is 0 Å². The molecule has 0 aromatic heterocycles. The van der Waals surface area contributed by atoms with Crippen LogP contribution in [-0.4, -0.2) is 30.2 Å². The van der Waals surface area contributed by atoms with Crippen molar-refractivity contribution in [2.24, 2.45) is 5.92 Å². The highest BCUT2D eigenvalue weighted by atomic mass is 16.5. The van der Waals surface area contributed by atoms with Crippen molar-refractivity contribution in [3.05, 3.63) is 65.2 Å². The maximum absolute atomic E-state index is 13.2. The van der Waals surface area contributed by atoms with E-state index < -0.39 is 12.1 Å². The molecule has 160 valence electrons. The molecule has 1 atom stereocenters. The minimum absolute atomic E-state index is 0.0990. The van der Waals surface area contributed by atoms with Crippen molar-refractivity contribution in [3.8, 4) is 0 Å². The van der Waals surface area contributed by atoms with E-state index >= 15 is 0 Å². The molecule has 0 spiro atoms. The van der Waals surface area contributed by atoms with Gasteiger partial charge in [-0.2, -0.15) is 0 Å². The van der Waals surface area contributed by atoms with Crippen LogP contribution >= 0.6 is 0 Å². The van der Waals surface area contributed by atoms with E-state index in [0.29, 0.717) is 22.7 Å². The van der Waals surface area contributed by atoms with E-state index in [0.717, 1.165) is 12.0 Å². The number of hydrogen-bond donors (Lipinski definition) is 3. The molecule has 0 bridgehead atoms. The van der Waals surface area contributed by atoms with Gasteiger partial charge in [-0.3, -0.25) is 14.9 Å². The first kappa shape index (κ1) is 22.9. The van der Waals surface area contributed by atoms with Crippen molar-refractivity contribution in [2.75, 3.05) is 12.4 Å². The number of carbonyl (C=O) groups excluding carboxylic acids is 2. The largest absolute Gasteiger partial charge is 0.481 e. The first-order chi connectivity index (χ1) is 14.3. The summed E-state index contributed by atoms with van der Waals surface area (Å²) in [5.41, 5.74) is 2.32. The lowest BCUT2D eigenvalue weighted by molar-refractivity contribution is -0.136. The number of benzene rings is 2. The Morgan fingerprint density at radius 2 is 1.77 bits per heavy atom. The summed E-state index contributed by atoms with van der Waals surface area (Å²) in [7, 11) is 1.25. The van der Waals surface area contributed by atoms with Gasteiger partial charge in [-0.15, -0.1) is 0 Å². The minimum Gasteiger partial charge on any atom is -0.481 e. The molecular weight excluding hydrogens is 384 g/mol. The molecule has 0 saturated heterocycles. The van der Waals surface area contributed by atoms with Gasteiger partial charge < -0.3 is 15.2 Å². The summed E-state index contributed by atoms with van der Waals surface area (Å²) < 4.78 is 4.60. The first-order valence-corrected chi connectivity index (χ1v) is 9.85. The fourth-order valence-electron chi connectivity index (χ4n) is 3.17. The summed E-state index contributed by atoms with van der Waals surface area (Å²) >= 11 is 0. The Morgan fingerprint density at radius 3 is 2.37 bits per heavy atom. The van der Waals surface area contributed by atoms with E-state index in [1.54, 1.807) is 18.2 Å². The van der Waals surface area contributed by atoms with Crippen LogP contribution in [-0.2, 0) is 16.0 Å². The minimum atomic E-state index is -0.944. The molecule has 3 N–H and O–H groups in total. The van der Waals surface area contributed by atoms with Crippen LogP contribution < -0.4 is 10.6 Å². The van der Waals surface area contributed by atoms with E-state index in [9.17, 15) is 14.4 Å². The Bertz CT molecular complexity index is 880. The molecule has 7 nitrogen and oxygen atoms in total. The molecule has 0 aliphatic heterocycles. The monoisotopic (exact) mass is 412 g/mol. The van der Waals surface area contributed by atoms with Gasteiger partial charge in [0.1, 0.15) is 0 Å². The molecule has 0 radical (unpaired) electrons. The van der Waals surface area contributed by atoms with Gasteiger partial charge in [-0.1, -0.05) is 50.2 Å². The molecule has 0 aliphatic carbocycles. The average Bonchev–Trinajstić information content (AvgIpc) is 2.72. The lowest BCUT2D eigenvalue weighted by Gasteiger charge is -2.22. The molecular formula is C23H28N2O5. The zero-order chi connectivity index (χ0) is 22.1. The average molecular weight is 412 g/mol. The number of rotatable bonds is 9. The second-order valence-electron chi connectivity index (χ2n) is 7.45. The molecule has 2 amide bonds. The first-order valence-electron chi connectivity index (χ1n) is 9.85. The summed E-state index contributed by atoms with van der Waals surface area (Å²) in [6, 6.07) is 14.3. The van der Waals surface area contributed by atoms with Crippen molar-refractivity contribution in [1.29, 1.82) is 0 Å². The van der Waals surface area contributed by atoms with Crippen LogP contribution in [0.1, 0.15) is 54.2 Å². The van der Waals surface area contributed by atoms with Crippen LogP contribution in [0.3, 0.4) is 0 Å². The van der Waals surface area contributed by atoms with E-state index in [1.165, 1.54) is 7.11 Å².